The van der Waals surface area contributed by atoms with E-state index in [2.05, 4.69) is 18.4 Å². The smallest absolute Gasteiger partial charge is 0.140 e. The number of carbonyl (C=O) groups excluding carboxylic acids is 1. The summed E-state index contributed by atoms with van der Waals surface area (Å²) >= 11 is 14.8. The second kappa shape index (κ2) is 8.74. The Morgan fingerprint density at radius 1 is 1.09 bits per heavy atom. The van der Waals surface area contributed by atoms with Gasteiger partial charge in [-0.1, -0.05) is 23.2 Å². The van der Waals surface area contributed by atoms with E-state index in [4.69, 9.17) is 23.2 Å². The molecule has 1 heterocycles. The number of hydrogen-bond acceptors (Lipinski definition) is 3. The minimum absolute atomic E-state index is 0.190. The number of rotatable bonds is 3. The summed E-state index contributed by atoms with van der Waals surface area (Å²) in [5, 5.41) is 4.98. The molecule has 3 aromatic rings. The van der Waals surface area contributed by atoms with Gasteiger partial charge < -0.3 is 0 Å². The summed E-state index contributed by atoms with van der Waals surface area (Å²) < 4.78 is 1.31. The quantitative estimate of drug-likeness (QED) is 0.458. The lowest BCUT2D eigenvalue weighted by Gasteiger charge is -1.97. The van der Waals surface area contributed by atoms with Gasteiger partial charge in [0.05, 0.1) is 5.75 Å². The minimum atomic E-state index is 0.190. The summed E-state index contributed by atoms with van der Waals surface area (Å²) in [6, 6.07) is 13.5. The first kappa shape index (κ1) is 18.3. The van der Waals surface area contributed by atoms with E-state index in [1.54, 1.807) is 18.3 Å². The maximum atomic E-state index is 10.6. The van der Waals surface area contributed by atoms with Gasteiger partial charge in [0.25, 0.3) is 0 Å². The van der Waals surface area contributed by atoms with Gasteiger partial charge in [0.15, 0.2) is 0 Å². The summed E-state index contributed by atoms with van der Waals surface area (Å²) in [4.78, 5) is 11.7. The molecule has 0 aliphatic carbocycles. The molecule has 0 bridgehead atoms. The third-order valence-corrected chi connectivity index (χ3v) is 5.71. The highest BCUT2D eigenvalue weighted by atomic mass is 35.5. The summed E-state index contributed by atoms with van der Waals surface area (Å²) in [5.74, 6) is 0.719. The van der Waals surface area contributed by atoms with E-state index in [1.807, 2.05) is 36.4 Å². The van der Waals surface area contributed by atoms with Crippen molar-refractivity contribution in [2.24, 2.45) is 0 Å². The van der Waals surface area contributed by atoms with Crippen LogP contribution in [0.5, 0.6) is 0 Å². The standard InChI is InChI=1S/C9H9ClOS.C9H7ClS/c1-7(11)6-12-9-4-2-8(10)3-5-9;1-6-5-11-9-3-2-7(10)4-8(6)9/h2-5H,6H2,1H3;2-5H,1H3. The second-order valence-corrected chi connectivity index (χ2v) is 7.84. The predicted octanol–water partition coefficient (Wildman–Crippen LogP) is 6.88. The number of ketones is 1. The van der Waals surface area contributed by atoms with Gasteiger partial charge in [0.1, 0.15) is 5.78 Å². The summed E-state index contributed by atoms with van der Waals surface area (Å²) in [6.45, 7) is 3.69. The molecular weight excluding hydrogens is 367 g/mol. The molecule has 0 N–H and O–H groups in total. The Bertz CT molecular complexity index is 794. The molecule has 0 radical (unpaired) electrons. The van der Waals surface area contributed by atoms with Crippen molar-refractivity contribution < 1.29 is 4.79 Å². The van der Waals surface area contributed by atoms with Crippen LogP contribution in [0.3, 0.4) is 0 Å². The predicted molar refractivity (Wildman–Crippen MR) is 104 cm³/mol. The topological polar surface area (TPSA) is 17.1 Å². The zero-order valence-electron chi connectivity index (χ0n) is 12.8. The Kier molecular flexibility index (Phi) is 6.97. The van der Waals surface area contributed by atoms with E-state index >= 15 is 0 Å². The fraction of sp³-hybridized carbons (Fsp3) is 0.167. The number of carbonyl (C=O) groups is 1. The zero-order valence-corrected chi connectivity index (χ0v) is 16.0. The van der Waals surface area contributed by atoms with Crippen LogP contribution >= 0.6 is 46.3 Å². The highest BCUT2D eigenvalue weighted by molar-refractivity contribution is 8.00. The number of halogens is 2. The average molecular weight is 383 g/mol. The molecule has 1 aromatic heterocycles. The number of Topliss-reactive ketones (excluding diaryl/α,β-unsaturated/α-hetero) is 1. The van der Waals surface area contributed by atoms with E-state index in [0.717, 1.165) is 14.9 Å². The largest absolute Gasteiger partial charge is 0.299 e. The molecule has 0 aliphatic heterocycles. The minimum Gasteiger partial charge on any atom is -0.299 e. The van der Waals surface area contributed by atoms with E-state index in [-0.39, 0.29) is 5.78 Å². The third kappa shape index (κ3) is 5.85. The molecule has 0 saturated carbocycles. The Labute approximate surface area is 154 Å². The van der Waals surface area contributed by atoms with Crippen LogP contribution < -0.4 is 0 Å². The first-order valence-electron chi connectivity index (χ1n) is 6.97. The van der Waals surface area contributed by atoms with Gasteiger partial charge in [0, 0.05) is 19.6 Å². The van der Waals surface area contributed by atoms with Gasteiger partial charge >= 0.3 is 0 Å². The molecular formula is C18H16Cl2OS2. The van der Waals surface area contributed by atoms with Gasteiger partial charge in [-0.15, -0.1) is 23.1 Å². The number of thiophene rings is 1. The van der Waals surface area contributed by atoms with E-state index in [0.29, 0.717) is 5.75 Å². The lowest BCUT2D eigenvalue weighted by atomic mass is 10.2. The fourth-order valence-electron chi connectivity index (χ4n) is 1.84. The van der Waals surface area contributed by atoms with Gasteiger partial charge in [-0.3, -0.25) is 4.79 Å². The molecule has 0 atom stereocenters. The molecule has 2 aromatic carbocycles. The van der Waals surface area contributed by atoms with Gasteiger partial charge in [-0.25, -0.2) is 0 Å². The molecule has 1 nitrogen and oxygen atoms in total. The van der Waals surface area contributed by atoms with Gasteiger partial charge in [0.2, 0.25) is 0 Å². The molecule has 0 unspecified atom stereocenters. The molecule has 0 fully saturated rings. The number of hydrogen-bond donors (Lipinski definition) is 0. The normalized spacial score (nSPS) is 10.3. The van der Waals surface area contributed by atoms with Crippen LogP contribution in [0, 0.1) is 6.92 Å². The maximum Gasteiger partial charge on any atom is 0.140 e. The SMILES string of the molecule is CC(=O)CSc1ccc(Cl)cc1.Cc1csc2ccc(Cl)cc12. The van der Waals surface area contributed by atoms with Crippen molar-refractivity contribution in [3.8, 4) is 0 Å². The first-order chi connectivity index (χ1) is 11.0. The van der Waals surface area contributed by atoms with Crippen LogP contribution in [0.2, 0.25) is 10.0 Å². The number of benzene rings is 2. The molecule has 120 valence electrons. The number of thioether (sulfide) groups is 1. The Balaban J connectivity index is 0.000000167. The average Bonchev–Trinajstić information content (AvgIpc) is 2.88. The molecule has 0 saturated heterocycles. The van der Waals surface area contributed by atoms with Crippen molar-refractivity contribution in [2.45, 2.75) is 18.7 Å². The highest BCUT2D eigenvalue weighted by Crippen LogP contribution is 2.27. The van der Waals surface area contributed by atoms with Crippen molar-refractivity contribution in [3.05, 3.63) is 63.5 Å². The fourth-order valence-corrected chi connectivity index (χ4v) is 3.77. The van der Waals surface area contributed by atoms with Crippen LogP contribution in [0.4, 0.5) is 0 Å². The zero-order chi connectivity index (χ0) is 16.8. The summed E-state index contributed by atoms with van der Waals surface area (Å²) in [5.41, 5.74) is 1.31. The van der Waals surface area contributed by atoms with Crippen molar-refractivity contribution in [2.75, 3.05) is 5.75 Å². The van der Waals surface area contributed by atoms with Crippen LogP contribution in [0.25, 0.3) is 10.1 Å². The Hall–Kier alpha value is -1.00. The highest BCUT2D eigenvalue weighted by Gasteiger charge is 1.99. The lowest BCUT2D eigenvalue weighted by molar-refractivity contribution is -0.114. The maximum absolute atomic E-state index is 10.6. The summed E-state index contributed by atoms with van der Waals surface area (Å²) in [6.07, 6.45) is 0. The Morgan fingerprint density at radius 3 is 2.39 bits per heavy atom. The monoisotopic (exact) mass is 382 g/mol. The molecule has 23 heavy (non-hydrogen) atoms. The van der Waals surface area contributed by atoms with E-state index < -0.39 is 0 Å². The first-order valence-corrected chi connectivity index (χ1v) is 9.59. The molecule has 3 rings (SSSR count). The van der Waals surface area contributed by atoms with Crippen molar-refractivity contribution >= 4 is 62.2 Å². The van der Waals surface area contributed by atoms with Crippen LogP contribution in [0.15, 0.2) is 52.7 Å². The van der Waals surface area contributed by atoms with E-state index in [1.165, 1.54) is 27.4 Å². The van der Waals surface area contributed by atoms with Crippen LogP contribution in [0.1, 0.15) is 12.5 Å². The van der Waals surface area contributed by atoms with Crippen LogP contribution in [-0.2, 0) is 4.79 Å². The molecule has 0 amide bonds. The summed E-state index contributed by atoms with van der Waals surface area (Å²) in [7, 11) is 0. The second-order valence-electron chi connectivity index (χ2n) is 5.00. The number of fused-ring (bicyclic) bond motifs is 1. The van der Waals surface area contributed by atoms with Crippen molar-refractivity contribution in [1.29, 1.82) is 0 Å². The van der Waals surface area contributed by atoms with Gasteiger partial charge in [-0.05, 0) is 72.6 Å². The van der Waals surface area contributed by atoms with Crippen molar-refractivity contribution in [3.63, 3.8) is 0 Å². The van der Waals surface area contributed by atoms with Crippen molar-refractivity contribution in [1.82, 2.24) is 0 Å². The molecule has 5 heteroatoms. The van der Waals surface area contributed by atoms with Gasteiger partial charge in [-0.2, -0.15) is 0 Å². The third-order valence-electron chi connectivity index (χ3n) is 2.98. The Morgan fingerprint density at radius 2 is 1.74 bits per heavy atom. The van der Waals surface area contributed by atoms with Crippen LogP contribution in [-0.4, -0.2) is 11.5 Å². The molecule has 0 aliphatic rings. The lowest BCUT2D eigenvalue weighted by Crippen LogP contribution is -1.92. The van der Waals surface area contributed by atoms with E-state index in [9.17, 15) is 4.79 Å². The number of aryl methyl sites for hydroxylation is 1. The molecule has 0 spiro atoms.